The number of hydrogen-bond acceptors (Lipinski definition) is 6. The molecule has 0 spiro atoms. The Morgan fingerprint density at radius 2 is 1.52 bits per heavy atom. The van der Waals surface area contributed by atoms with Crippen molar-refractivity contribution < 1.29 is 14.2 Å². The van der Waals surface area contributed by atoms with E-state index in [1.54, 1.807) is 20.5 Å². The predicted molar refractivity (Wildman–Crippen MR) is 121 cm³/mol. The molecule has 0 aliphatic heterocycles. The van der Waals surface area contributed by atoms with Crippen molar-refractivity contribution in [2.45, 2.75) is 13.0 Å². The molecular formula is C25H25N3O3. The number of nitrogens with one attached hydrogen (secondary N) is 1. The second kappa shape index (κ2) is 9.45. The molecule has 31 heavy (non-hydrogen) atoms. The SMILES string of the molecule is CCN[C@H](c1ccc(Oc2ccccc2)cc1)c1ncnc2cc(OC)c(OC)cc12. The van der Waals surface area contributed by atoms with Crippen molar-refractivity contribution in [3.63, 3.8) is 0 Å². The topological polar surface area (TPSA) is 65.5 Å². The standard InChI is InChI=1S/C25H25N3O3/c1-4-26-24(17-10-12-19(13-11-17)31-18-8-6-5-7-9-18)25-20-14-22(29-2)23(30-3)15-21(20)27-16-28-25/h5-16,24,26H,4H2,1-3H3/t24-/m1/s1. The zero-order chi connectivity index (χ0) is 21.6. The van der Waals surface area contributed by atoms with Gasteiger partial charge in [0.15, 0.2) is 11.5 Å². The Morgan fingerprint density at radius 3 is 2.19 bits per heavy atom. The van der Waals surface area contributed by atoms with Crippen LogP contribution in [0.4, 0.5) is 0 Å². The van der Waals surface area contributed by atoms with Crippen molar-refractivity contribution in [3.05, 3.63) is 84.3 Å². The van der Waals surface area contributed by atoms with Crippen molar-refractivity contribution >= 4 is 10.9 Å². The molecule has 1 N–H and O–H groups in total. The van der Waals surface area contributed by atoms with Crippen LogP contribution < -0.4 is 19.5 Å². The van der Waals surface area contributed by atoms with Crippen LogP contribution >= 0.6 is 0 Å². The summed E-state index contributed by atoms with van der Waals surface area (Å²) in [5.74, 6) is 2.88. The summed E-state index contributed by atoms with van der Waals surface area (Å²) in [5, 5.41) is 4.45. The minimum absolute atomic E-state index is 0.112. The molecule has 1 heterocycles. The van der Waals surface area contributed by atoms with E-state index in [1.165, 1.54) is 0 Å². The molecule has 0 unspecified atom stereocenters. The van der Waals surface area contributed by atoms with Gasteiger partial charge in [-0.05, 0) is 42.4 Å². The molecule has 0 bridgehead atoms. The molecule has 0 saturated heterocycles. The van der Waals surface area contributed by atoms with Gasteiger partial charge in [-0.3, -0.25) is 0 Å². The third-order valence-electron chi connectivity index (χ3n) is 5.05. The lowest BCUT2D eigenvalue weighted by atomic mass is 9.99. The fourth-order valence-electron chi connectivity index (χ4n) is 3.56. The van der Waals surface area contributed by atoms with Crippen LogP contribution in [0.2, 0.25) is 0 Å². The average molecular weight is 415 g/mol. The van der Waals surface area contributed by atoms with E-state index in [4.69, 9.17) is 14.2 Å². The van der Waals surface area contributed by atoms with Crippen LogP contribution in [0.5, 0.6) is 23.0 Å². The molecule has 0 radical (unpaired) electrons. The Hall–Kier alpha value is -3.64. The normalized spacial score (nSPS) is 11.8. The lowest BCUT2D eigenvalue weighted by Gasteiger charge is -2.20. The number of hydrogen-bond donors (Lipinski definition) is 1. The summed E-state index contributed by atoms with van der Waals surface area (Å²) < 4.78 is 16.9. The first-order chi connectivity index (χ1) is 15.2. The van der Waals surface area contributed by atoms with Crippen molar-refractivity contribution in [3.8, 4) is 23.0 Å². The Bertz CT molecular complexity index is 1150. The van der Waals surface area contributed by atoms with Gasteiger partial charge in [0.1, 0.15) is 17.8 Å². The lowest BCUT2D eigenvalue weighted by Crippen LogP contribution is -2.23. The van der Waals surface area contributed by atoms with Gasteiger partial charge in [0.05, 0.1) is 31.5 Å². The number of benzene rings is 3. The van der Waals surface area contributed by atoms with E-state index in [-0.39, 0.29) is 6.04 Å². The van der Waals surface area contributed by atoms with Gasteiger partial charge in [-0.2, -0.15) is 0 Å². The van der Waals surface area contributed by atoms with Gasteiger partial charge in [-0.1, -0.05) is 37.3 Å². The van der Waals surface area contributed by atoms with Crippen LogP contribution in [0.1, 0.15) is 24.2 Å². The third kappa shape index (κ3) is 4.44. The number of aromatic nitrogens is 2. The van der Waals surface area contributed by atoms with E-state index in [9.17, 15) is 0 Å². The van der Waals surface area contributed by atoms with Crippen LogP contribution in [0.15, 0.2) is 73.1 Å². The molecule has 1 atom stereocenters. The summed E-state index contributed by atoms with van der Waals surface area (Å²) in [6.07, 6.45) is 1.58. The van der Waals surface area contributed by atoms with Crippen molar-refractivity contribution in [2.75, 3.05) is 20.8 Å². The summed E-state index contributed by atoms with van der Waals surface area (Å²) in [6, 6.07) is 21.5. The molecular weight excluding hydrogens is 390 g/mol. The summed E-state index contributed by atoms with van der Waals surface area (Å²) in [7, 11) is 3.24. The maximum Gasteiger partial charge on any atom is 0.162 e. The number of fused-ring (bicyclic) bond motifs is 1. The van der Waals surface area contributed by atoms with Crippen molar-refractivity contribution in [2.24, 2.45) is 0 Å². The molecule has 0 fully saturated rings. The molecule has 0 saturated carbocycles. The van der Waals surface area contributed by atoms with Gasteiger partial charge in [0.25, 0.3) is 0 Å². The molecule has 4 rings (SSSR count). The predicted octanol–water partition coefficient (Wildman–Crippen LogP) is 5.14. The summed E-state index contributed by atoms with van der Waals surface area (Å²) in [4.78, 5) is 9.05. The molecule has 3 aromatic carbocycles. The second-order valence-corrected chi connectivity index (χ2v) is 6.96. The lowest BCUT2D eigenvalue weighted by molar-refractivity contribution is 0.355. The van der Waals surface area contributed by atoms with E-state index in [2.05, 4.69) is 34.3 Å². The molecule has 0 amide bonds. The zero-order valence-corrected chi connectivity index (χ0v) is 17.8. The Kier molecular flexibility index (Phi) is 6.29. The Labute approximate surface area is 181 Å². The molecule has 0 aliphatic carbocycles. The van der Waals surface area contributed by atoms with Gasteiger partial charge in [-0.15, -0.1) is 0 Å². The summed E-state index contributed by atoms with van der Waals surface area (Å²) in [5.41, 5.74) is 2.76. The van der Waals surface area contributed by atoms with Crippen molar-refractivity contribution in [1.82, 2.24) is 15.3 Å². The van der Waals surface area contributed by atoms with Gasteiger partial charge in [0.2, 0.25) is 0 Å². The fourth-order valence-corrected chi connectivity index (χ4v) is 3.56. The van der Waals surface area contributed by atoms with Gasteiger partial charge in [-0.25, -0.2) is 9.97 Å². The molecule has 4 aromatic rings. The molecule has 6 heteroatoms. The first kappa shape index (κ1) is 20.6. The highest BCUT2D eigenvalue weighted by molar-refractivity contribution is 5.85. The molecule has 0 aliphatic rings. The highest BCUT2D eigenvalue weighted by Gasteiger charge is 2.20. The largest absolute Gasteiger partial charge is 0.493 e. The van der Waals surface area contributed by atoms with E-state index in [1.807, 2.05) is 54.6 Å². The molecule has 1 aromatic heterocycles. The van der Waals surface area contributed by atoms with E-state index in [0.717, 1.165) is 40.2 Å². The van der Waals surface area contributed by atoms with E-state index in [0.29, 0.717) is 11.5 Å². The van der Waals surface area contributed by atoms with E-state index >= 15 is 0 Å². The second-order valence-electron chi connectivity index (χ2n) is 6.96. The first-order valence-electron chi connectivity index (χ1n) is 10.2. The maximum atomic E-state index is 5.93. The van der Waals surface area contributed by atoms with Crippen LogP contribution in [0.3, 0.4) is 0 Å². The van der Waals surface area contributed by atoms with Gasteiger partial charge < -0.3 is 19.5 Å². The minimum Gasteiger partial charge on any atom is -0.493 e. The van der Waals surface area contributed by atoms with Gasteiger partial charge in [0, 0.05) is 11.5 Å². The van der Waals surface area contributed by atoms with Crippen molar-refractivity contribution in [1.29, 1.82) is 0 Å². The Balaban J connectivity index is 1.71. The summed E-state index contributed by atoms with van der Waals surface area (Å²) in [6.45, 7) is 2.86. The monoisotopic (exact) mass is 415 g/mol. The average Bonchev–Trinajstić information content (AvgIpc) is 2.82. The number of ether oxygens (including phenoxy) is 3. The number of methoxy groups -OCH3 is 2. The van der Waals surface area contributed by atoms with E-state index < -0.39 is 0 Å². The maximum absolute atomic E-state index is 5.93. The Morgan fingerprint density at radius 1 is 0.839 bits per heavy atom. The number of nitrogens with zero attached hydrogens (tertiary/aromatic N) is 2. The smallest absolute Gasteiger partial charge is 0.162 e. The summed E-state index contributed by atoms with van der Waals surface area (Å²) >= 11 is 0. The number of rotatable bonds is 8. The van der Waals surface area contributed by atoms with Crippen LogP contribution in [-0.4, -0.2) is 30.7 Å². The zero-order valence-electron chi connectivity index (χ0n) is 17.8. The van der Waals surface area contributed by atoms with Crippen LogP contribution in [0, 0.1) is 0 Å². The highest BCUT2D eigenvalue weighted by atomic mass is 16.5. The molecule has 6 nitrogen and oxygen atoms in total. The highest BCUT2D eigenvalue weighted by Crippen LogP contribution is 2.35. The third-order valence-corrected chi connectivity index (χ3v) is 5.05. The quantitative estimate of drug-likeness (QED) is 0.430. The molecule has 158 valence electrons. The van der Waals surface area contributed by atoms with Crippen LogP contribution in [0.25, 0.3) is 10.9 Å². The van der Waals surface area contributed by atoms with Gasteiger partial charge >= 0.3 is 0 Å². The van der Waals surface area contributed by atoms with Crippen LogP contribution in [-0.2, 0) is 0 Å². The minimum atomic E-state index is -0.112. The first-order valence-corrected chi connectivity index (χ1v) is 10.2. The fraction of sp³-hybridized carbons (Fsp3) is 0.200. The number of para-hydroxylation sites is 1.